The molecule has 1 amide bonds. The number of carboxylic acid groups (broad SMARTS) is 1. The molecule has 80 valence electrons. The summed E-state index contributed by atoms with van der Waals surface area (Å²) < 4.78 is 0. The zero-order valence-corrected chi connectivity index (χ0v) is 7.83. The van der Waals surface area contributed by atoms with Gasteiger partial charge in [-0.1, -0.05) is 12.8 Å². The van der Waals surface area contributed by atoms with Crippen molar-refractivity contribution in [1.29, 1.82) is 0 Å². The molecule has 6 heteroatoms. The average molecular weight is 192 g/mol. The standard InChI is InChI=1S/C6H16N2.CH4N2O2/c7-5-3-1-2-4-6-8;2-3-1(4)5/h1-8H2;3H,2H2,(H,4,5). The molecule has 0 saturated carbocycles. The zero-order chi connectivity index (χ0) is 10.5. The molecule has 0 radical (unpaired) electrons. The van der Waals surface area contributed by atoms with Gasteiger partial charge >= 0.3 is 6.09 Å². The first-order valence-electron chi connectivity index (χ1n) is 4.28. The topological polar surface area (TPSA) is 127 Å². The second-order valence-corrected chi connectivity index (χ2v) is 2.44. The minimum absolute atomic E-state index is 0.824. The number of hydrogen-bond acceptors (Lipinski definition) is 4. The average Bonchev–Trinajstić information content (AvgIpc) is 2.14. The highest BCUT2D eigenvalue weighted by Crippen LogP contribution is 1.95. The maximum atomic E-state index is 9.13. The minimum Gasteiger partial charge on any atom is -0.464 e. The number of carbonyl (C=O) groups is 1. The Balaban J connectivity index is 0. The molecule has 8 N–H and O–H groups in total. The van der Waals surface area contributed by atoms with Gasteiger partial charge in [0.1, 0.15) is 0 Å². The molecule has 0 aromatic carbocycles. The van der Waals surface area contributed by atoms with Crippen LogP contribution >= 0.6 is 0 Å². The summed E-state index contributed by atoms with van der Waals surface area (Å²) in [7, 11) is 0. The first-order valence-corrected chi connectivity index (χ1v) is 4.28. The largest absolute Gasteiger partial charge is 0.464 e. The molecule has 0 aliphatic carbocycles. The van der Waals surface area contributed by atoms with E-state index in [1.807, 2.05) is 0 Å². The van der Waals surface area contributed by atoms with Crippen LogP contribution in [0.15, 0.2) is 0 Å². The first kappa shape index (κ1) is 14.7. The fraction of sp³-hybridized carbons (Fsp3) is 0.857. The van der Waals surface area contributed by atoms with Gasteiger partial charge < -0.3 is 16.6 Å². The minimum atomic E-state index is -1.22. The Bertz CT molecular complexity index is 105. The third-order valence-corrected chi connectivity index (χ3v) is 1.28. The fourth-order valence-electron chi connectivity index (χ4n) is 0.642. The van der Waals surface area contributed by atoms with Gasteiger partial charge in [-0.2, -0.15) is 0 Å². The van der Waals surface area contributed by atoms with E-state index in [1.54, 1.807) is 0 Å². The lowest BCUT2D eigenvalue weighted by molar-refractivity contribution is 0.194. The van der Waals surface area contributed by atoms with Crippen molar-refractivity contribution in [1.82, 2.24) is 5.43 Å². The van der Waals surface area contributed by atoms with E-state index in [0.717, 1.165) is 25.9 Å². The van der Waals surface area contributed by atoms with Gasteiger partial charge in [0.05, 0.1) is 0 Å². The van der Waals surface area contributed by atoms with E-state index in [-0.39, 0.29) is 0 Å². The van der Waals surface area contributed by atoms with Crippen molar-refractivity contribution in [3.63, 3.8) is 0 Å². The number of hydrazine groups is 1. The second kappa shape index (κ2) is 13.7. The van der Waals surface area contributed by atoms with Gasteiger partial charge in [0.2, 0.25) is 0 Å². The monoisotopic (exact) mass is 192 g/mol. The molecule has 0 aromatic rings. The molecule has 6 nitrogen and oxygen atoms in total. The summed E-state index contributed by atoms with van der Waals surface area (Å²) in [5.74, 6) is 4.32. The van der Waals surface area contributed by atoms with Crippen LogP contribution in [0.3, 0.4) is 0 Å². The van der Waals surface area contributed by atoms with Crippen LogP contribution in [0.5, 0.6) is 0 Å². The lowest BCUT2D eigenvalue weighted by Gasteiger charge is -1.94. The van der Waals surface area contributed by atoms with Crippen molar-refractivity contribution in [2.24, 2.45) is 17.3 Å². The zero-order valence-electron chi connectivity index (χ0n) is 7.83. The van der Waals surface area contributed by atoms with E-state index in [4.69, 9.17) is 21.4 Å². The third-order valence-electron chi connectivity index (χ3n) is 1.28. The number of nitrogens with one attached hydrogen (secondary N) is 1. The number of hydrogen-bond donors (Lipinski definition) is 5. The molecule has 0 spiro atoms. The molecule has 0 aliphatic heterocycles. The molecule has 13 heavy (non-hydrogen) atoms. The molecule has 0 aliphatic rings. The molecule has 0 fully saturated rings. The predicted molar refractivity (Wildman–Crippen MR) is 51.9 cm³/mol. The maximum Gasteiger partial charge on any atom is 0.418 e. The highest BCUT2D eigenvalue weighted by atomic mass is 16.4. The summed E-state index contributed by atoms with van der Waals surface area (Å²) in [6, 6.07) is 0. The van der Waals surface area contributed by atoms with Gasteiger partial charge in [0.15, 0.2) is 0 Å². The lowest BCUT2D eigenvalue weighted by Crippen LogP contribution is -2.27. The molecule has 0 atom stereocenters. The van der Waals surface area contributed by atoms with Gasteiger partial charge in [-0.25, -0.2) is 10.6 Å². The summed E-state index contributed by atoms with van der Waals surface area (Å²) in [5, 5.41) is 7.49. The molecular formula is C7H20N4O2. The molecule has 0 saturated heterocycles. The Kier molecular flexibility index (Phi) is 15.5. The second-order valence-electron chi connectivity index (χ2n) is 2.44. The summed E-state index contributed by atoms with van der Waals surface area (Å²) in [5.41, 5.74) is 12.0. The molecule has 0 unspecified atom stereocenters. The van der Waals surface area contributed by atoms with Crippen molar-refractivity contribution in [3.05, 3.63) is 0 Å². The van der Waals surface area contributed by atoms with Crippen LogP contribution < -0.4 is 22.7 Å². The van der Waals surface area contributed by atoms with Gasteiger partial charge in [-0.05, 0) is 25.9 Å². The van der Waals surface area contributed by atoms with E-state index in [9.17, 15) is 0 Å². The van der Waals surface area contributed by atoms with Crippen LogP contribution in [0, 0.1) is 0 Å². The number of amides is 1. The molecule has 0 aromatic heterocycles. The lowest BCUT2D eigenvalue weighted by atomic mass is 10.2. The Morgan fingerprint density at radius 3 is 1.54 bits per heavy atom. The van der Waals surface area contributed by atoms with Gasteiger partial charge in [0, 0.05) is 0 Å². The van der Waals surface area contributed by atoms with Crippen LogP contribution in [-0.4, -0.2) is 24.3 Å². The van der Waals surface area contributed by atoms with Crippen LogP contribution in [0.25, 0.3) is 0 Å². The first-order chi connectivity index (χ1) is 6.18. The smallest absolute Gasteiger partial charge is 0.418 e. The van der Waals surface area contributed by atoms with Crippen LogP contribution in [0.4, 0.5) is 4.79 Å². The van der Waals surface area contributed by atoms with Crippen LogP contribution in [0.2, 0.25) is 0 Å². The van der Waals surface area contributed by atoms with E-state index in [0.29, 0.717) is 0 Å². The Morgan fingerprint density at radius 1 is 1.08 bits per heavy atom. The third kappa shape index (κ3) is 24.7. The molecular weight excluding hydrogens is 172 g/mol. The van der Waals surface area contributed by atoms with Crippen molar-refractivity contribution in [2.75, 3.05) is 13.1 Å². The van der Waals surface area contributed by atoms with Gasteiger partial charge in [0.25, 0.3) is 0 Å². The van der Waals surface area contributed by atoms with Gasteiger partial charge in [-0.3, -0.25) is 5.43 Å². The summed E-state index contributed by atoms with van der Waals surface area (Å²) in [6.07, 6.45) is 3.58. The van der Waals surface area contributed by atoms with Crippen LogP contribution in [-0.2, 0) is 0 Å². The number of rotatable bonds is 5. The van der Waals surface area contributed by atoms with Crippen molar-refractivity contribution in [2.45, 2.75) is 25.7 Å². The Hall–Kier alpha value is -0.850. The molecule has 0 bridgehead atoms. The van der Waals surface area contributed by atoms with Crippen molar-refractivity contribution < 1.29 is 9.90 Å². The van der Waals surface area contributed by atoms with Crippen LogP contribution in [0.1, 0.15) is 25.7 Å². The maximum absolute atomic E-state index is 9.13. The van der Waals surface area contributed by atoms with Crippen molar-refractivity contribution >= 4 is 6.09 Å². The molecule has 0 heterocycles. The normalized spacial score (nSPS) is 8.54. The van der Waals surface area contributed by atoms with E-state index in [1.165, 1.54) is 18.3 Å². The Labute approximate surface area is 78.4 Å². The van der Waals surface area contributed by atoms with E-state index in [2.05, 4.69) is 5.84 Å². The van der Waals surface area contributed by atoms with E-state index < -0.39 is 6.09 Å². The van der Waals surface area contributed by atoms with Gasteiger partial charge in [-0.15, -0.1) is 0 Å². The van der Waals surface area contributed by atoms with Crippen molar-refractivity contribution in [3.8, 4) is 0 Å². The Morgan fingerprint density at radius 2 is 1.38 bits per heavy atom. The fourth-order valence-corrected chi connectivity index (χ4v) is 0.642. The summed E-state index contributed by atoms with van der Waals surface area (Å²) >= 11 is 0. The predicted octanol–water partition coefficient (Wildman–Crippen LogP) is -0.408. The molecule has 0 rings (SSSR count). The SMILES string of the molecule is NCCCCCCN.NNC(=O)O. The quantitative estimate of drug-likeness (QED) is 0.175. The highest BCUT2D eigenvalue weighted by Gasteiger charge is 1.83. The van der Waals surface area contributed by atoms with E-state index >= 15 is 0 Å². The number of unbranched alkanes of at least 4 members (excludes halogenated alkanes) is 3. The summed E-state index contributed by atoms with van der Waals surface area (Å²) in [6.45, 7) is 1.65. The highest BCUT2D eigenvalue weighted by molar-refractivity contribution is 5.63. The number of nitrogens with two attached hydrogens (primary N) is 3. The summed E-state index contributed by atoms with van der Waals surface area (Å²) in [4.78, 5) is 9.13.